The summed E-state index contributed by atoms with van der Waals surface area (Å²) in [5.74, 6) is -0.596. The average Bonchev–Trinajstić information content (AvgIpc) is 2.65. The van der Waals surface area contributed by atoms with Crippen LogP contribution >= 0.6 is 11.6 Å². The maximum absolute atomic E-state index is 13.2. The van der Waals surface area contributed by atoms with Crippen molar-refractivity contribution in [2.24, 2.45) is 0 Å². The fraction of sp³-hybridized carbons (Fsp3) is 0.273. The normalized spacial score (nSPS) is 11.0. The van der Waals surface area contributed by atoms with Crippen molar-refractivity contribution in [1.82, 2.24) is 9.88 Å². The third-order valence-corrected chi connectivity index (χ3v) is 4.94. The van der Waals surface area contributed by atoms with E-state index in [0.717, 1.165) is 27.6 Å². The van der Waals surface area contributed by atoms with Crippen molar-refractivity contribution >= 4 is 28.4 Å². The number of hydrogen-bond acceptors (Lipinski definition) is 3. The Morgan fingerprint density at radius 2 is 1.89 bits per heavy atom. The summed E-state index contributed by atoms with van der Waals surface area (Å²) >= 11 is 6.43. The molecule has 0 aliphatic rings. The van der Waals surface area contributed by atoms with E-state index in [1.54, 1.807) is 12.0 Å². The van der Waals surface area contributed by atoms with E-state index in [1.807, 2.05) is 26.0 Å². The maximum atomic E-state index is 13.2. The molecule has 0 atom stereocenters. The Morgan fingerprint density at radius 1 is 1.18 bits per heavy atom. The van der Waals surface area contributed by atoms with Gasteiger partial charge in [-0.05, 0) is 61.4 Å². The van der Waals surface area contributed by atoms with Gasteiger partial charge in [0.05, 0.1) is 12.1 Å². The Labute approximate surface area is 168 Å². The number of rotatable bonds is 6. The zero-order valence-corrected chi connectivity index (χ0v) is 16.9. The third-order valence-electron chi connectivity index (χ3n) is 4.62. The number of hydrogen-bond donors (Lipinski definition) is 0. The van der Waals surface area contributed by atoms with Crippen LogP contribution in [0, 0.1) is 19.7 Å². The molecular formula is C22H22ClFN2O2. The number of methoxy groups -OCH3 is 1. The topological polar surface area (TPSA) is 42.4 Å². The zero-order chi connectivity index (χ0) is 20.3. The SMILES string of the molecule is COCCN(Cc1cc2c(C)cc(C)cc2nc1Cl)C(=O)c1ccc(F)cc1. The second-order valence-corrected chi connectivity index (χ2v) is 7.17. The van der Waals surface area contributed by atoms with Gasteiger partial charge in [-0.15, -0.1) is 0 Å². The molecule has 3 aromatic rings. The summed E-state index contributed by atoms with van der Waals surface area (Å²) in [5.41, 5.74) is 4.23. The first-order valence-electron chi connectivity index (χ1n) is 8.99. The molecule has 146 valence electrons. The first-order valence-corrected chi connectivity index (χ1v) is 9.37. The molecule has 0 unspecified atom stereocenters. The summed E-state index contributed by atoms with van der Waals surface area (Å²) in [6.45, 7) is 5.09. The van der Waals surface area contributed by atoms with Crippen LogP contribution in [0.5, 0.6) is 0 Å². The Hall–Kier alpha value is -2.50. The number of halogens is 2. The van der Waals surface area contributed by atoms with E-state index in [1.165, 1.54) is 24.3 Å². The van der Waals surface area contributed by atoms with Gasteiger partial charge in [-0.25, -0.2) is 9.37 Å². The van der Waals surface area contributed by atoms with E-state index in [9.17, 15) is 9.18 Å². The number of fused-ring (bicyclic) bond motifs is 1. The van der Waals surface area contributed by atoms with Gasteiger partial charge in [-0.3, -0.25) is 4.79 Å². The molecule has 0 aliphatic heterocycles. The Bertz CT molecular complexity index is 1010. The summed E-state index contributed by atoms with van der Waals surface area (Å²) in [5, 5.41) is 1.37. The molecule has 0 N–H and O–H groups in total. The number of aryl methyl sites for hydroxylation is 2. The summed E-state index contributed by atoms with van der Waals surface area (Å²) in [6, 6.07) is 11.6. The molecule has 0 spiro atoms. The number of ether oxygens (including phenoxy) is 1. The van der Waals surface area contributed by atoms with Crippen LogP contribution in [0.4, 0.5) is 4.39 Å². The maximum Gasteiger partial charge on any atom is 0.254 e. The molecule has 1 heterocycles. The molecule has 2 aromatic carbocycles. The van der Waals surface area contributed by atoms with Gasteiger partial charge in [-0.2, -0.15) is 0 Å². The van der Waals surface area contributed by atoms with E-state index < -0.39 is 0 Å². The zero-order valence-electron chi connectivity index (χ0n) is 16.1. The van der Waals surface area contributed by atoms with E-state index in [0.29, 0.717) is 23.9 Å². The molecule has 0 bridgehead atoms. The highest BCUT2D eigenvalue weighted by Gasteiger charge is 2.18. The van der Waals surface area contributed by atoms with Crippen LogP contribution in [0.3, 0.4) is 0 Å². The van der Waals surface area contributed by atoms with E-state index in [4.69, 9.17) is 16.3 Å². The molecule has 3 rings (SSSR count). The van der Waals surface area contributed by atoms with Crippen molar-refractivity contribution in [2.45, 2.75) is 20.4 Å². The molecule has 4 nitrogen and oxygen atoms in total. The van der Waals surface area contributed by atoms with E-state index >= 15 is 0 Å². The number of amides is 1. The second-order valence-electron chi connectivity index (χ2n) is 6.81. The Kier molecular flexibility index (Phi) is 6.27. The number of nitrogens with zero attached hydrogens (tertiary/aromatic N) is 2. The first-order chi connectivity index (χ1) is 13.4. The van der Waals surface area contributed by atoms with Crippen molar-refractivity contribution < 1.29 is 13.9 Å². The minimum atomic E-state index is -0.382. The Morgan fingerprint density at radius 3 is 2.57 bits per heavy atom. The Balaban J connectivity index is 1.95. The lowest BCUT2D eigenvalue weighted by Crippen LogP contribution is -2.33. The van der Waals surface area contributed by atoms with Gasteiger partial charge in [0.1, 0.15) is 11.0 Å². The van der Waals surface area contributed by atoms with Crippen molar-refractivity contribution in [3.63, 3.8) is 0 Å². The summed E-state index contributed by atoms with van der Waals surface area (Å²) < 4.78 is 18.3. The average molecular weight is 401 g/mol. The van der Waals surface area contributed by atoms with Crippen LogP contribution in [0.25, 0.3) is 10.9 Å². The molecule has 0 fully saturated rings. The van der Waals surface area contributed by atoms with Gasteiger partial charge >= 0.3 is 0 Å². The second kappa shape index (κ2) is 8.67. The lowest BCUT2D eigenvalue weighted by Gasteiger charge is -2.23. The van der Waals surface area contributed by atoms with Crippen LogP contribution in [0.1, 0.15) is 27.0 Å². The monoisotopic (exact) mass is 400 g/mol. The molecule has 0 saturated carbocycles. The molecule has 0 saturated heterocycles. The van der Waals surface area contributed by atoms with Gasteiger partial charge in [0.25, 0.3) is 5.91 Å². The van der Waals surface area contributed by atoms with Gasteiger partial charge in [0.15, 0.2) is 0 Å². The highest BCUT2D eigenvalue weighted by molar-refractivity contribution is 6.30. The van der Waals surface area contributed by atoms with Gasteiger partial charge in [0, 0.05) is 36.7 Å². The van der Waals surface area contributed by atoms with Gasteiger partial charge in [-0.1, -0.05) is 17.7 Å². The smallest absolute Gasteiger partial charge is 0.254 e. The fourth-order valence-electron chi connectivity index (χ4n) is 3.19. The molecule has 0 aliphatic carbocycles. The van der Waals surface area contributed by atoms with Crippen LogP contribution < -0.4 is 0 Å². The number of aromatic nitrogens is 1. The van der Waals surface area contributed by atoms with E-state index in [2.05, 4.69) is 11.1 Å². The van der Waals surface area contributed by atoms with Crippen molar-refractivity contribution in [1.29, 1.82) is 0 Å². The molecule has 1 amide bonds. The minimum Gasteiger partial charge on any atom is -0.383 e. The van der Waals surface area contributed by atoms with Crippen LogP contribution in [-0.4, -0.2) is 36.1 Å². The minimum absolute atomic E-state index is 0.214. The number of carbonyl (C=O) groups excluding carboxylic acids is 1. The van der Waals surface area contributed by atoms with Crippen LogP contribution in [0.15, 0.2) is 42.5 Å². The summed E-state index contributed by atoms with van der Waals surface area (Å²) in [7, 11) is 1.58. The largest absolute Gasteiger partial charge is 0.383 e. The molecule has 0 radical (unpaired) electrons. The van der Waals surface area contributed by atoms with Crippen LogP contribution in [-0.2, 0) is 11.3 Å². The standard InChI is InChI=1S/C22H22ClFN2O2/c1-14-10-15(2)19-12-17(21(23)25-20(19)11-14)13-26(8-9-28-3)22(27)16-4-6-18(24)7-5-16/h4-7,10-12H,8-9,13H2,1-3H3. The number of pyridine rings is 1. The van der Waals surface area contributed by atoms with E-state index in [-0.39, 0.29) is 18.3 Å². The number of benzene rings is 2. The van der Waals surface area contributed by atoms with Crippen molar-refractivity contribution in [3.05, 3.63) is 75.7 Å². The first kappa shape index (κ1) is 20.2. The van der Waals surface area contributed by atoms with Crippen molar-refractivity contribution in [3.8, 4) is 0 Å². The molecule has 1 aromatic heterocycles. The van der Waals surface area contributed by atoms with Crippen LogP contribution in [0.2, 0.25) is 5.15 Å². The number of carbonyl (C=O) groups is 1. The lowest BCUT2D eigenvalue weighted by molar-refractivity contribution is 0.0680. The molecule has 6 heteroatoms. The van der Waals surface area contributed by atoms with Gasteiger partial charge in [0.2, 0.25) is 0 Å². The third kappa shape index (κ3) is 4.49. The fourth-order valence-corrected chi connectivity index (χ4v) is 3.40. The highest BCUT2D eigenvalue weighted by atomic mass is 35.5. The van der Waals surface area contributed by atoms with Gasteiger partial charge < -0.3 is 9.64 Å². The predicted octanol–water partition coefficient (Wildman–Crippen LogP) is 4.93. The highest BCUT2D eigenvalue weighted by Crippen LogP contribution is 2.26. The molecular weight excluding hydrogens is 379 g/mol. The van der Waals surface area contributed by atoms with Crippen molar-refractivity contribution in [2.75, 3.05) is 20.3 Å². The summed E-state index contributed by atoms with van der Waals surface area (Å²) in [6.07, 6.45) is 0. The lowest BCUT2D eigenvalue weighted by atomic mass is 10.0. The summed E-state index contributed by atoms with van der Waals surface area (Å²) in [4.78, 5) is 19.1. The quantitative estimate of drug-likeness (QED) is 0.551. The predicted molar refractivity (Wildman–Crippen MR) is 109 cm³/mol. The molecule has 28 heavy (non-hydrogen) atoms.